The van der Waals surface area contributed by atoms with E-state index in [9.17, 15) is 23.3 Å². The summed E-state index contributed by atoms with van der Waals surface area (Å²) < 4.78 is 46.5. The van der Waals surface area contributed by atoms with Gasteiger partial charge in [-0.25, -0.2) is 13.2 Å². The minimum atomic E-state index is -1.48. The molecule has 23 heavy (non-hydrogen) atoms. The van der Waals surface area contributed by atoms with Gasteiger partial charge in [-0.05, 0) is 24.3 Å². The van der Waals surface area contributed by atoms with Crippen molar-refractivity contribution >= 4 is 22.0 Å². The van der Waals surface area contributed by atoms with Gasteiger partial charge in [0.05, 0.1) is 4.92 Å². The zero-order valence-electron chi connectivity index (χ0n) is 11.2. The van der Waals surface area contributed by atoms with Gasteiger partial charge in [0.2, 0.25) is 6.10 Å². The van der Waals surface area contributed by atoms with Crippen LogP contribution in [0.5, 0.6) is 5.75 Å². The number of hydrogen-bond acceptors (Lipinski definition) is 3. The second-order valence-electron chi connectivity index (χ2n) is 4.79. The first kappa shape index (κ1) is 15.5. The molecule has 4 nitrogen and oxygen atoms in total. The van der Waals surface area contributed by atoms with E-state index in [1.807, 2.05) is 0 Å². The standard InChI is InChI=1S/C15H7BrF3NO3/c16-8-1-2-14-7(3-8)4-13(20(21)22)15(23-14)9-5-11(18)12(19)6-10(9)17/h1-6,15H. The van der Waals surface area contributed by atoms with Crippen molar-refractivity contribution < 1.29 is 22.8 Å². The number of nitrogens with zero attached hydrogens (tertiary/aromatic N) is 1. The fraction of sp³-hybridized carbons (Fsp3) is 0.0667. The molecular formula is C15H7BrF3NO3. The first-order chi connectivity index (χ1) is 10.9. The van der Waals surface area contributed by atoms with Crippen LogP contribution in [0.15, 0.2) is 40.5 Å². The summed E-state index contributed by atoms with van der Waals surface area (Å²) in [4.78, 5) is 10.5. The van der Waals surface area contributed by atoms with Gasteiger partial charge in [-0.1, -0.05) is 15.9 Å². The van der Waals surface area contributed by atoms with Crippen LogP contribution in [0.25, 0.3) is 6.08 Å². The molecule has 1 heterocycles. The summed E-state index contributed by atoms with van der Waals surface area (Å²) in [5, 5.41) is 11.3. The van der Waals surface area contributed by atoms with Gasteiger partial charge in [0, 0.05) is 27.7 Å². The third kappa shape index (κ3) is 2.81. The van der Waals surface area contributed by atoms with Crippen LogP contribution in [-0.4, -0.2) is 4.92 Å². The maximum absolute atomic E-state index is 13.9. The average molecular weight is 386 g/mol. The van der Waals surface area contributed by atoms with E-state index in [1.165, 1.54) is 12.1 Å². The quantitative estimate of drug-likeness (QED) is 0.430. The minimum absolute atomic E-state index is 0.271. The lowest BCUT2D eigenvalue weighted by atomic mass is 10.0. The lowest BCUT2D eigenvalue weighted by Gasteiger charge is -2.23. The first-order valence-corrected chi connectivity index (χ1v) is 7.12. The Balaban J connectivity index is 2.15. The number of benzene rings is 2. The van der Waals surface area contributed by atoms with Gasteiger partial charge in [0.1, 0.15) is 11.6 Å². The summed E-state index contributed by atoms with van der Waals surface area (Å²) in [6, 6.07) is 5.68. The average Bonchev–Trinajstić information content (AvgIpc) is 2.49. The van der Waals surface area contributed by atoms with E-state index in [1.54, 1.807) is 12.1 Å². The molecule has 0 fully saturated rings. The number of ether oxygens (including phenoxy) is 1. The number of fused-ring (bicyclic) bond motifs is 1. The van der Waals surface area contributed by atoms with Crippen LogP contribution >= 0.6 is 15.9 Å². The van der Waals surface area contributed by atoms with Crippen LogP contribution < -0.4 is 4.74 Å². The second-order valence-corrected chi connectivity index (χ2v) is 5.71. The zero-order chi connectivity index (χ0) is 16.7. The summed E-state index contributed by atoms with van der Waals surface area (Å²) in [5.74, 6) is -3.54. The molecule has 3 rings (SSSR count). The fourth-order valence-electron chi connectivity index (χ4n) is 2.27. The van der Waals surface area contributed by atoms with Crippen molar-refractivity contribution in [3.63, 3.8) is 0 Å². The molecule has 1 atom stereocenters. The third-order valence-electron chi connectivity index (χ3n) is 3.32. The normalized spacial score (nSPS) is 16.3. The molecule has 8 heteroatoms. The van der Waals surface area contributed by atoms with E-state index >= 15 is 0 Å². The molecule has 0 amide bonds. The van der Waals surface area contributed by atoms with E-state index < -0.39 is 39.7 Å². The predicted octanol–water partition coefficient (Wildman–Crippen LogP) is 4.62. The van der Waals surface area contributed by atoms with E-state index in [2.05, 4.69) is 15.9 Å². The fourth-order valence-corrected chi connectivity index (χ4v) is 2.65. The highest BCUT2D eigenvalue weighted by Crippen LogP contribution is 2.39. The molecule has 0 aromatic heterocycles. The van der Waals surface area contributed by atoms with Crippen LogP contribution in [0.3, 0.4) is 0 Å². The second kappa shape index (κ2) is 5.69. The summed E-state index contributed by atoms with van der Waals surface area (Å²) in [5.41, 5.74) is -0.494. The van der Waals surface area contributed by atoms with E-state index in [4.69, 9.17) is 4.74 Å². The number of hydrogen-bond donors (Lipinski definition) is 0. The SMILES string of the molecule is O=[N+]([O-])C1=Cc2cc(Br)ccc2OC1c1cc(F)c(F)cc1F. The number of nitro groups is 1. The van der Waals surface area contributed by atoms with Gasteiger partial charge in [0.25, 0.3) is 5.70 Å². The zero-order valence-corrected chi connectivity index (χ0v) is 12.8. The number of halogens is 4. The Morgan fingerprint density at radius 2 is 1.78 bits per heavy atom. The largest absolute Gasteiger partial charge is 0.474 e. The molecule has 0 aliphatic carbocycles. The molecule has 1 unspecified atom stereocenters. The van der Waals surface area contributed by atoms with Crippen molar-refractivity contribution in [3.8, 4) is 5.75 Å². The molecular weight excluding hydrogens is 379 g/mol. The van der Waals surface area contributed by atoms with Crippen molar-refractivity contribution in [2.24, 2.45) is 0 Å². The lowest BCUT2D eigenvalue weighted by Crippen LogP contribution is -2.21. The monoisotopic (exact) mass is 385 g/mol. The van der Waals surface area contributed by atoms with Crippen molar-refractivity contribution in [1.29, 1.82) is 0 Å². The predicted molar refractivity (Wildman–Crippen MR) is 78.8 cm³/mol. The van der Waals surface area contributed by atoms with Crippen molar-refractivity contribution in [2.45, 2.75) is 6.10 Å². The molecule has 0 saturated heterocycles. The highest BCUT2D eigenvalue weighted by Gasteiger charge is 2.35. The highest BCUT2D eigenvalue weighted by atomic mass is 79.9. The highest BCUT2D eigenvalue weighted by molar-refractivity contribution is 9.10. The molecule has 118 valence electrons. The van der Waals surface area contributed by atoms with Gasteiger partial charge in [-0.15, -0.1) is 0 Å². The van der Waals surface area contributed by atoms with Gasteiger partial charge in [-0.2, -0.15) is 0 Å². The maximum atomic E-state index is 13.9. The topological polar surface area (TPSA) is 52.4 Å². The Hall–Kier alpha value is -2.35. The Labute approximate surface area is 136 Å². The van der Waals surface area contributed by atoms with Crippen LogP contribution in [0.4, 0.5) is 13.2 Å². The van der Waals surface area contributed by atoms with E-state index in [-0.39, 0.29) is 5.75 Å². The van der Waals surface area contributed by atoms with Crippen LogP contribution in [0.1, 0.15) is 17.2 Å². The van der Waals surface area contributed by atoms with Crippen molar-refractivity contribution in [3.05, 3.63) is 79.2 Å². The molecule has 2 aromatic rings. The lowest BCUT2D eigenvalue weighted by molar-refractivity contribution is -0.434. The Bertz CT molecular complexity index is 854. The molecule has 0 saturated carbocycles. The summed E-state index contributed by atoms with van der Waals surface area (Å²) in [6.07, 6.45) is -0.261. The summed E-state index contributed by atoms with van der Waals surface area (Å²) >= 11 is 3.23. The molecule has 0 spiro atoms. The summed E-state index contributed by atoms with van der Waals surface area (Å²) in [6.45, 7) is 0. The molecule has 1 aliphatic rings. The van der Waals surface area contributed by atoms with E-state index in [0.29, 0.717) is 22.2 Å². The van der Waals surface area contributed by atoms with Crippen LogP contribution in [0.2, 0.25) is 0 Å². The Kier molecular flexibility index (Phi) is 3.85. The molecule has 1 aliphatic heterocycles. The van der Waals surface area contributed by atoms with Gasteiger partial charge in [0.15, 0.2) is 11.6 Å². The van der Waals surface area contributed by atoms with Crippen LogP contribution in [0, 0.1) is 27.6 Å². The smallest absolute Gasteiger partial charge is 0.291 e. The van der Waals surface area contributed by atoms with Gasteiger partial charge < -0.3 is 4.74 Å². The number of rotatable bonds is 2. The molecule has 0 bridgehead atoms. The Morgan fingerprint density at radius 1 is 1.09 bits per heavy atom. The third-order valence-corrected chi connectivity index (χ3v) is 3.81. The first-order valence-electron chi connectivity index (χ1n) is 6.33. The van der Waals surface area contributed by atoms with Crippen molar-refractivity contribution in [2.75, 3.05) is 0 Å². The molecule has 0 N–H and O–H groups in total. The van der Waals surface area contributed by atoms with E-state index in [0.717, 1.165) is 0 Å². The summed E-state index contributed by atoms with van der Waals surface area (Å²) in [7, 11) is 0. The van der Waals surface area contributed by atoms with Gasteiger partial charge >= 0.3 is 0 Å². The van der Waals surface area contributed by atoms with Gasteiger partial charge in [-0.3, -0.25) is 10.1 Å². The minimum Gasteiger partial charge on any atom is -0.474 e. The van der Waals surface area contributed by atoms with Crippen LogP contribution in [-0.2, 0) is 0 Å². The Morgan fingerprint density at radius 3 is 2.48 bits per heavy atom. The maximum Gasteiger partial charge on any atom is 0.291 e. The molecule has 2 aromatic carbocycles. The van der Waals surface area contributed by atoms with Crippen molar-refractivity contribution in [1.82, 2.24) is 0 Å². The molecule has 0 radical (unpaired) electrons.